The second kappa shape index (κ2) is 5.69. The van der Waals surface area contributed by atoms with Gasteiger partial charge in [-0.2, -0.15) is 0 Å². The van der Waals surface area contributed by atoms with Gasteiger partial charge in [0, 0.05) is 6.54 Å². The molecule has 0 unspecified atom stereocenters. The first kappa shape index (κ1) is 13.3. The van der Waals surface area contributed by atoms with E-state index in [0.717, 1.165) is 32.5 Å². The highest BCUT2D eigenvalue weighted by molar-refractivity contribution is 7.89. The Hall–Kier alpha value is -1.11. The van der Waals surface area contributed by atoms with Crippen molar-refractivity contribution in [3.05, 3.63) is 24.3 Å². The first-order valence-electron chi connectivity index (χ1n) is 6.14. The summed E-state index contributed by atoms with van der Waals surface area (Å²) >= 11 is 0. The zero-order chi connectivity index (χ0) is 13.0. The molecule has 100 valence electrons. The van der Waals surface area contributed by atoms with Crippen LogP contribution in [0.15, 0.2) is 29.2 Å². The fraction of sp³-hybridized carbons (Fsp3) is 0.500. The van der Waals surface area contributed by atoms with E-state index in [1.54, 1.807) is 18.2 Å². The molecule has 0 atom stereocenters. The Bertz CT molecular complexity index is 496. The van der Waals surface area contributed by atoms with E-state index in [9.17, 15) is 8.42 Å². The van der Waals surface area contributed by atoms with Crippen LogP contribution in [0.25, 0.3) is 0 Å². The van der Waals surface area contributed by atoms with Gasteiger partial charge < -0.3 is 10.6 Å². The number of anilines is 1. The van der Waals surface area contributed by atoms with E-state index in [1.165, 1.54) is 6.07 Å². The molecule has 0 aliphatic carbocycles. The quantitative estimate of drug-likeness (QED) is 0.753. The van der Waals surface area contributed by atoms with Gasteiger partial charge in [-0.25, -0.2) is 13.6 Å². The first-order chi connectivity index (χ1) is 8.57. The van der Waals surface area contributed by atoms with Crippen molar-refractivity contribution in [2.75, 3.05) is 25.0 Å². The lowest BCUT2D eigenvalue weighted by Gasteiger charge is -2.23. The van der Waals surface area contributed by atoms with Crippen molar-refractivity contribution < 1.29 is 8.42 Å². The van der Waals surface area contributed by atoms with Crippen molar-refractivity contribution in [2.45, 2.75) is 17.7 Å². The molecule has 0 radical (unpaired) electrons. The van der Waals surface area contributed by atoms with Gasteiger partial charge in [-0.3, -0.25) is 0 Å². The molecule has 2 rings (SSSR count). The van der Waals surface area contributed by atoms with Gasteiger partial charge in [-0.05, 0) is 44.0 Å². The van der Waals surface area contributed by atoms with Gasteiger partial charge in [-0.1, -0.05) is 12.1 Å². The Morgan fingerprint density at radius 2 is 1.94 bits per heavy atom. The predicted molar refractivity (Wildman–Crippen MR) is 71.9 cm³/mol. The Morgan fingerprint density at radius 1 is 1.28 bits per heavy atom. The lowest BCUT2D eigenvalue weighted by molar-refractivity contribution is 0.389. The number of nitrogens with one attached hydrogen (secondary N) is 2. The van der Waals surface area contributed by atoms with Gasteiger partial charge in [0.15, 0.2) is 0 Å². The average molecular weight is 269 g/mol. The van der Waals surface area contributed by atoms with Crippen molar-refractivity contribution in [3.63, 3.8) is 0 Å². The molecule has 4 N–H and O–H groups in total. The maximum absolute atomic E-state index is 11.4. The van der Waals surface area contributed by atoms with Gasteiger partial charge in [0.2, 0.25) is 10.0 Å². The van der Waals surface area contributed by atoms with Crippen LogP contribution in [0.1, 0.15) is 12.8 Å². The van der Waals surface area contributed by atoms with E-state index in [-0.39, 0.29) is 4.90 Å². The van der Waals surface area contributed by atoms with Crippen LogP contribution in [0.5, 0.6) is 0 Å². The molecule has 1 fully saturated rings. The molecule has 1 aliphatic heterocycles. The minimum Gasteiger partial charge on any atom is -0.384 e. The van der Waals surface area contributed by atoms with E-state index < -0.39 is 10.0 Å². The summed E-state index contributed by atoms with van der Waals surface area (Å²) < 4.78 is 22.9. The Morgan fingerprint density at radius 3 is 2.61 bits per heavy atom. The molecule has 0 spiro atoms. The third-order valence-corrected chi connectivity index (χ3v) is 4.20. The van der Waals surface area contributed by atoms with Crippen LogP contribution in [0.4, 0.5) is 5.69 Å². The van der Waals surface area contributed by atoms with Crippen molar-refractivity contribution >= 4 is 15.7 Å². The Labute approximate surface area is 108 Å². The van der Waals surface area contributed by atoms with Gasteiger partial charge in [0.1, 0.15) is 4.90 Å². The fourth-order valence-electron chi connectivity index (χ4n) is 2.20. The van der Waals surface area contributed by atoms with Crippen molar-refractivity contribution in [1.29, 1.82) is 0 Å². The zero-order valence-corrected chi connectivity index (χ0v) is 11.0. The molecule has 6 heteroatoms. The number of piperidine rings is 1. The molecule has 0 saturated carbocycles. The molecule has 1 aromatic rings. The summed E-state index contributed by atoms with van der Waals surface area (Å²) in [6, 6.07) is 6.76. The number of nitrogens with two attached hydrogens (primary N) is 1. The Balaban J connectivity index is 2.05. The van der Waals surface area contributed by atoms with E-state index in [2.05, 4.69) is 10.6 Å². The maximum Gasteiger partial charge on any atom is 0.240 e. The molecule has 5 nitrogen and oxygen atoms in total. The maximum atomic E-state index is 11.4. The van der Waals surface area contributed by atoms with Crippen LogP contribution in [0.2, 0.25) is 0 Å². The SMILES string of the molecule is NS(=O)(=O)c1ccccc1NCC1CCNCC1. The van der Waals surface area contributed by atoms with E-state index in [1.807, 2.05) is 0 Å². The molecule has 0 bridgehead atoms. The average Bonchev–Trinajstić information content (AvgIpc) is 2.37. The van der Waals surface area contributed by atoms with Gasteiger partial charge in [0.25, 0.3) is 0 Å². The molecule has 1 aliphatic rings. The van der Waals surface area contributed by atoms with Crippen LogP contribution in [-0.2, 0) is 10.0 Å². The summed E-state index contributed by atoms with van der Waals surface area (Å²) in [4.78, 5) is 0.166. The second-order valence-electron chi connectivity index (χ2n) is 4.62. The third kappa shape index (κ3) is 3.44. The first-order valence-corrected chi connectivity index (χ1v) is 7.68. The van der Waals surface area contributed by atoms with Crippen molar-refractivity contribution in [1.82, 2.24) is 5.32 Å². The number of sulfonamides is 1. The van der Waals surface area contributed by atoms with Crippen molar-refractivity contribution in [2.24, 2.45) is 11.1 Å². The summed E-state index contributed by atoms with van der Waals surface area (Å²) in [6.07, 6.45) is 2.23. The molecular weight excluding hydrogens is 250 g/mol. The zero-order valence-electron chi connectivity index (χ0n) is 10.2. The predicted octanol–water partition coefficient (Wildman–Crippen LogP) is 0.746. The standard InChI is InChI=1S/C12H19N3O2S/c13-18(16,17)12-4-2-1-3-11(12)15-9-10-5-7-14-8-6-10/h1-4,10,14-15H,5-9H2,(H2,13,16,17). The number of hydrogen-bond acceptors (Lipinski definition) is 4. The molecule has 18 heavy (non-hydrogen) atoms. The molecule has 0 aromatic heterocycles. The van der Waals surface area contributed by atoms with Crippen LogP contribution in [0.3, 0.4) is 0 Å². The topological polar surface area (TPSA) is 84.2 Å². The van der Waals surface area contributed by atoms with Crippen molar-refractivity contribution in [3.8, 4) is 0 Å². The van der Waals surface area contributed by atoms with E-state index >= 15 is 0 Å². The summed E-state index contributed by atoms with van der Waals surface area (Å²) in [7, 11) is -3.66. The normalized spacial score (nSPS) is 17.6. The highest BCUT2D eigenvalue weighted by atomic mass is 32.2. The Kier molecular flexibility index (Phi) is 4.21. The van der Waals surface area contributed by atoms with E-state index in [0.29, 0.717) is 11.6 Å². The number of rotatable bonds is 4. The number of hydrogen-bond donors (Lipinski definition) is 3. The van der Waals surface area contributed by atoms with Crippen LogP contribution in [0, 0.1) is 5.92 Å². The molecule has 1 heterocycles. The summed E-state index contributed by atoms with van der Waals surface area (Å²) in [6.45, 7) is 2.85. The fourth-order valence-corrected chi connectivity index (χ4v) is 2.92. The number of benzene rings is 1. The summed E-state index contributed by atoms with van der Waals surface area (Å²) in [5.41, 5.74) is 0.596. The second-order valence-corrected chi connectivity index (χ2v) is 6.15. The molecule has 0 amide bonds. The minimum absolute atomic E-state index is 0.166. The largest absolute Gasteiger partial charge is 0.384 e. The third-order valence-electron chi connectivity index (χ3n) is 3.23. The van der Waals surface area contributed by atoms with Crippen LogP contribution < -0.4 is 15.8 Å². The smallest absolute Gasteiger partial charge is 0.240 e. The summed E-state index contributed by atoms with van der Waals surface area (Å²) in [5.74, 6) is 0.583. The van der Waals surface area contributed by atoms with Gasteiger partial charge >= 0.3 is 0 Å². The lowest BCUT2D eigenvalue weighted by atomic mass is 9.98. The van der Waals surface area contributed by atoms with Crippen LogP contribution in [-0.4, -0.2) is 28.1 Å². The minimum atomic E-state index is -3.66. The highest BCUT2D eigenvalue weighted by Gasteiger charge is 2.16. The summed E-state index contributed by atoms with van der Waals surface area (Å²) in [5, 5.41) is 11.7. The van der Waals surface area contributed by atoms with Gasteiger partial charge in [-0.15, -0.1) is 0 Å². The van der Waals surface area contributed by atoms with E-state index in [4.69, 9.17) is 5.14 Å². The molecule has 1 saturated heterocycles. The monoisotopic (exact) mass is 269 g/mol. The van der Waals surface area contributed by atoms with Crippen LogP contribution >= 0.6 is 0 Å². The lowest BCUT2D eigenvalue weighted by Crippen LogP contribution is -2.31. The molecular formula is C12H19N3O2S. The highest BCUT2D eigenvalue weighted by Crippen LogP contribution is 2.20. The van der Waals surface area contributed by atoms with Gasteiger partial charge in [0.05, 0.1) is 5.69 Å². The number of para-hydroxylation sites is 1. The number of primary sulfonamides is 1. The molecule has 1 aromatic carbocycles.